The van der Waals surface area contributed by atoms with Crippen LogP contribution in [0.4, 0.5) is 5.69 Å². The number of hydrogen-bond acceptors (Lipinski definition) is 3. The second-order valence-electron chi connectivity index (χ2n) is 5.45. The van der Waals surface area contributed by atoms with Gasteiger partial charge in [0.25, 0.3) is 5.91 Å². The van der Waals surface area contributed by atoms with Crippen molar-refractivity contribution in [2.45, 2.75) is 20.3 Å². The number of aromatic nitrogens is 1. The first-order valence-electron chi connectivity index (χ1n) is 7.70. The van der Waals surface area contributed by atoms with E-state index in [0.29, 0.717) is 15.6 Å². The largest absolute Gasteiger partial charge is 0.321 e. The molecule has 1 N–H and O–H groups in total. The van der Waals surface area contributed by atoms with Crippen molar-refractivity contribution >= 4 is 34.5 Å². The first kappa shape index (κ1) is 16.7. The van der Waals surface area contributed by atoms with E-state index in [1.807, 2.05) is 13.0 Å². The minimum absolute atomic E-state index is 0.163. The van der Waals surface area contributed by atoms with Crippen LogP contribution in [0.2, 0.25) is 5.02 Å². The van der Waals surface area contributed by atoms with E-state index >= 15 is 0 Å². The minimum Gasteiger partial charge on any atom is -0.321 e. The van der Waals surface area contributed by atoms with E-state index in [2.05, 4.69) is 41.5 Å². The van der Waals surface area contributed by atoms with Crippen molar-refractivity contribution in [3.05, 3.63) is 69.7 Å². The maximum absolute atomic E-state index is 12.5. The van der Waals surface area contributed by atoms with Gasteiger partial charge in [-0.1, -0.05) is 48.9 Å². The summed E-state index contributed by atoms with van der Waals surface area (Å²) in [5, 5.41) is 4.31. The van der Waals surface area contributed by atoms with Crippen molar-refractivity contribution in [2.75, 3.05) is 5.32 Å². The number of benzene rings is 2. The number of hydrogen-bond donors (Lipinski definition) is 1. The van der Waals surface area contributed by atoms with Crippen LogP contribution < -0.4 is 5.32 Å². The Hall–Kier alpha value is -2.17. The van der Waals surface area contributed by atoms with Gasteiger partial charge in [0, 0.05) is 16.3 Å². The molecule has 0 aliphatic carbocycles. The third-order valence-electron chi connectivity index (χ3n) is 3.69. The van der Waals surface area contributed by atoms with Gasteiger partial charge in [-0.25, -0.2) is 4.98 Å². The van der Waals surface area contributed by atoms with Gasteiger partial charge in [-0.05, 0) is 37.1 Å². The lowest BCUT2D eigenvalue weighted by Crippen LogP contribution is -2.11. The summed E-state index contributed by atoms with van der Waals surface area (Å²) in [5.74, 6) is -0.163. The van der Waals surface area contributed by atoms with E-state index in [9.17, 15) is 4.79 Å². The topological polar surface area (TPSA) is 42.0 Å². The molecule has 0 aliphatic heterocycles. The fourth-order valence-electron chi connectivity index (χ4n) is 2.37. The first-order chi connectivity index (χ1) is 11.6. The lowest BCUT2D eigenvalue weighted by atomic mass is 10.1. The Labute approximate surface area is 150 Å². The molecule has 0 bridgehead atoms. The molecule has 2 aromatic carbocycles. The lowest BCUT2D eigenvalue weighted by molar-refractivity contribution is 0.103. The van der Waals surface area contributed by atoms with Crippen molar-refractivity contribution < 1.29 is 4.79 Å². The number of nitrogens with zero attached hydrogens (tertiary/aromatic N) is 1. The molecule has 122 valence electrons. The van der Waals surface area contributed by atoms with Crippen LogP contribution in [0.15, 0.2) is 48.5 Å². The van der Waals surface area contributed by atoms with Gasteiger partial charge in [-0.3, -0.25) is 4.79 Å². The van der Waals surface area contributed by atoms with E-state index in [-0.39, 0.29) is 5.91 Å². The third-order valence-corrected chi connectivity index (χ3v) is 5.13. The molecular weight excluding hydrogens is 340 g/mol. The van der Waals surface area contributed by atoms with Gasteiger partial charge >= 0.3 is 0 Å². The van der Waals surface area contributed by atoms with Crippen molar-refractivity contribution in [1.82, 2.24) is 4.98 Å². The number of thiazole rings is 1. The predicted octanol–water partition coefficient (Wildman–Crippen LogP) is 5.59. The zero-order valence-electron chi connectivity index (χ0n) is 13.5. The molecular formula is C19H17ClN2OS. The molecule has 5 heteroatoms. The van der Waals surface area contributed by atoms with E-state index in [0.717, 1.165) is 22.7 Å². The number of carbonyl (C=O) groups is 1. The van der Waals surface area contributed by atoms with E-state index in [1.54, 1.807) is 18.2 Å². The first-order valence-corrected chi connectivity index (χ1v) is 8.90. The Bertz CT molecular complexity index is 871. The quantitative estimate of drug-likeness (QED) is 0.662. The van der Waals surface area contributed by atoms with E-state index in [4.69, 9.17) is 11.6 Å². The number of anilines is 1. The van der Waals surface area contributed by atoms with Crippen molar-refractivity contribution in [3.8, 4) is 10.6 Å². The number of rotatable bonds is 4. The summed E-state index contributed by atoms with van der Waals surface area (Å²) in [4.78, 5) is 17.7. The molecule has 24 heavy (non-hydrogen) atoms. The molecule has 0 aliphatic rings. The molecule has 0 saturated heterocycles. The summed E-state index contributed by atoms with van der Waals surface area (Å²) in [6, 6.07) is 15.4. The molecule has 0 unspecified atom stereocenters. The number of aryl methyl sites for hydroxylation is 2. The van der Waals surface area contributed by atoms with E-state index < -0.39 is 0 Å². The second-order valence-corrected chi connectivity index (χ2v) is 6.88. The van der Waals surface area contributed by atoms with Crippen LogP contribution in [0.3, 0.4) is 0 Å². The van der Waals surface area contributed by atoms with Crippen molar-refractivity contribution in [3.63, 3.8) is 0 Å². The summed E-state index contributed by atoms with van der Waals surface area (Å²) in [6.07, 6.45) is 1.00. The second kappa shape index (κ2) is 7.16. The van der Waals surface area contributed by atoms with Crippen LogP contribution >= 0.6 is 22.9 Å². The molecule has 3 nitrogen and oxygen atoms in total. The monoisotopic (exact) mass is 356 g/mol. The summed E-state index contributed by atoms with van der Waals surface area (Å²) < 4.78 is 0. The highest BCUT2D eigenvalue weighted by atomic mass is 35.5. The number of amides is 1. The Kier molecular flexibility index (Phi) is 4.97. The highest BCUT2D eigenvalue weighted by molar-refractivity contribution is 7.17. The Balaban J connectivity index is 1.83. The predicted molar refractivity (Wildman–Crippen MR) is 101 cm³/mol. The Morgan fingerprint density at radius 2 is 1.96 bits per heavy atom. The summed E-state index contributed by atoms with van der Waals surface area (Å²) in [6.45, 7) is 3.98. The maximum atomic E-state index is 12.5. The number of nitrogens with one attached hydrogen (secondary N) is 1. The van der Waals surface area contributed by atoms with E-state index in [1.165, 1.54) is 16.9 Å². The average Bonchev–Trinajstić information content (AvgIpc) is 2.97. The lowest BCUT2D eigenvalue weighted by Gasteiger charge is -2.04. The molecule has 0 radical (unpaired) electrons. The molecule has 3 rings (SSSR count). The van der Waals surface area contributed by atoms with Gasteiger partial charge in [-0.2, -0.15) is 0 Å². The summed E-state index contributed by atoms with van der Waals surface area (Å²) in [7, 11) is 0. The summed E-state index contributed by atoms with van der Waals surface area (Å²) >= 11 is 7.35. The minimum atomic E-state index is -0.163. The van der Waals surface area contributed by atoms with Gasteiger partial charge in [0.05, 0.1) is 5.69 Å². The van der Waals surface area contributed by atoms with Gasteiger partial charge in [-0.15, -0.1) is 11.3 Å². The SMILES string of the molecule is CCc1ccc(-c2nc(C)c(C(=O)Nc3cccc(Cl)c3)s2)cc1. The van der Waals surface area contributed by atoms with Gasteiger partial charge < -0.3 is 5.32 Å². The van der Waals surface area contributed by atoms with Crippen molar-refractivity contribution in [1.29, 1.82) is 0 Å². The van der Waals surface area contributed by atoms with Gasteiger partial charge in [0.15, 0.2) is 0 Å². The van der Waals surface area contributed by atoms with Crippen LogP contribution in [-0.2, 0) is 6.42 Å². The molecule has 0 saturated carbocycles. The molecule has 0 atom stereocenters. The molecule has 3 aromatic rings. The number of halogens is 1. The number of carbonyl (C=O) groups excluding carboxylic acids is 1. The van der Waals surface area contributed by atoms with Crippen LogP contribution in [-0.4, -0.2) is 10.9 Å². The van der Waals surface area contributed by atoms with Crippen LogP contribution in [0.5, 0.6) is 0 Å². The zero-order chi connectivity index (χ0) is 17.1. The summed E-state index contributed by atoms with van der Waals surface area (Å²) in [5.41, 5.74) is 3.72. The average molecular weight is 357 g/mol. The fourth-order valence-corrected chi connectivity index (χ4v) is 3.52. The van der Waals surface area contributed by atoms with Crippen LogP contribution in [0.1, 0.15) is 27.9 Å². The van der Waals surface area contributed by atoms with Gasteiger partial charge in [0.1, 0.15) is 9.88 Å². The zero-order valence-corrected chi connectivity index (χ0v) is 15.0. The molecule has 1 aromatic heterocycles. The van der Waals surface area contributed by atoms with Crippen LogP contribution in [0, 0.1) is 6.92 Å². The highest BCUT2D eigenvalue weighted by Crippen LogP contribution is 2.29. The maximum Gasteiger partial charge on any atom is 0.267 e. The smallest absolute Gasteiger partial charge is 0.267 e. The van der Waals surface area contributed by atoms with Crippen molar-refractivity contribution in [2.24, 2.45) is 0 Å². The Morgan fingerprint density at radius 3 is 2.62 bits per heavy atom. The molecule has 1 amide bonds. The third kappa shape index (κ3) is 3.66. The Morgan fingerprint density at radius 1 is 1.21 bits per heavy atom. The standard InChI is InChI=1S/C19H17ClN2OS/c1-3-13-7-9-14(10-8-13)19-21-12(2)17(24-19)18(23)22-16-6-4-5-15(20)11-16/h4-11H,3H2,1-2H3,(H,22,23). The highest BCUT2D eigenvalue weighted by Gasteiger charge is 2.16. The molecule has 0 fully saturated rings. The fraction of sp³-hybridized carbons (Fsp3) is 0.158. The molecule has 1 heterocycles. The van der Waals surface area contributed by atoms with Crippen LogP contribution in [0.25, 0.3) is 10.6 Å². The van der Waals surface area contributed by atoms with Gasteiger partial charge in [0.2, 0.25) is 0 Å². The normalized spacial score (nSPS) is 10.6. The molecule has 0 spiro atoms.